The molecule has 4 heteroatoms. The average molecular weight is 295 g/mol. The monoisotopic (exact) mass is 295 g/mol. The summed E-state index contributed by atoms with van der Waals surface area (Å²) < 4.78 is 41.1. The van der Waals surface area contributed by atoms with Crippen LogP contribution in [-0.2, 0) is 12.8 Å². The highest BCUT2D eigenvalue weighted by Crippen LogP contribution is 2.42. The van der Waals surface area contributed by atoms with Crippen molar-refractivity contribution in [2.75, 3.05) is 0 Å². The fourth-order valence-corrected chi connectivity index (χ4v) is 3.44. The molecule has 0 radical (unpaired) electrons. The van der Waals surface area contributed by atoms with Gasteiger partial charge in [-0.2, -0.15) is 0 Å². The molecule has 0 saturated carbocycles. The number of H-pyrrole nitrogens is 1. The van der Waals surface area contributed by atoms with Gasteiger partial charge in [-0.3, -0.25) is 0 Å². The van der Waals surface area contributed by atoms with Crippen LogP contribution in [0.4, 0.5) is 13.2 Å². The topological polar surface area (TPSA) is 15.8 Å². The van der Waals surface area contributed by atoms with Crippen LogP contribution < -0.4 is 0 Å². The van der Waals surface area contributed by atoms with Crippen LogP contribution >= 0.6 is 0 Å². The van der Waals surface area contributed by atoms with Gasteiger partial charge < -0.3 is 4.98 Å². The molecule has 1 heterocycles. The van der Waals surface area contributed by atoms with Crippen molar-refractivity contribution < 1.29 is 13.2 Å². The van der Waals surface area contributed by atoms with Crippen LogP contribution in [0, 0.1) is 28.8 Å². The Balaban J connectivity index is 2.13. The van der Waals surface area contributed by atoms with Gasteiger partial charge >= 0.3 is 0 Å². The lowest BCUT2D eigenvalue weighted by Gasteiger charge is -2.36. The highest BCUT2D eigenvalue weighted by atomic mass is 19.2. The molecule has 1 aliphatic rings. The molecule has 0 bridgehead atoms. The maximum Gasteiger partial charge on any atom is 0.195 e. The quantitative estimate of drug-likeness (QED) is 0.740. The number of aryl methyl sites for hydroxylation is 1. The molecule has 1 atom stereocenters. The van der Waals surface area contributed by atoms with Crippen molar-refractivity contribution >= 4 is 10.9 Å². The van der Waals surface area contributed by atoms with Gasteiger partial charge in [0.1, 0.15) is 0 Å². The second kappa shape index (κ2) is 4.79. The van der Waals surface area contributed by atoms with E-state index in [0.29, 0.717) is 11.4 Å². The second-order valence-corrected chi connectivity index (χ2v) is 6.77. The highest BCUT2D eigenvalue weighted by Gasteiger charge is 2.33. The third kappa shape index (κ3) is 2.16. The van der Waals surface area contributed by atoms with E-state index in [1.807, 2.05) is 0 Å². The smallest absolute Gasteiger partial charge is 0.195 e. The lowest BCUT2D eigenvalue weighted by atomic mass is 9.69. The Bertz CT molecular complexity index is 700. The minimum Gasteiger partial charge on any atom is -0.358 e. The third-order valence-electron chi connectivity index (χ3n) is 5.32. The van der Waals surface area contributed by atoms with Crippen LogP contribution in [0.15, 0.2) is 6.07 Å². The van der Waals surface area contributed by atoms with E-state index in [9.17, 15) is 13.2 Å². The zero-order valence-electron chi connectivity index (χ0n) is 12.6. The summed E-state index contributed by atoms with van der Waals surface area (Å²) in [5, 5.41) is 0.237. The Morgan fingerprint density at radius 2 is 1.95 bits per heavy atom. The van der Waals surface area contributed by atoms with Crippen LogP contribution in [0.25, 0.3) is 10.9 Å². The Kier molecular flexibility index (Phi) is 3.30. The van der Waals surface area contributed by atoms with E-state index in [0.717, 1.165) is 43.0 Å². The van der Waals surface area contributed by atoms with Crippen molar-refractivity contribution in [3.05, 3.63) is 34.8 Å². The second-order valence-electron chi connectivity index (χ2n) is 6.77. The van der Waals surface area contributed by atoms with Crippen LogP contribution in [0.2, 0.25) is 0 Å². The zero-order valence-corrected chi connectivity index (χ0v) is 12.6. The van der Waals surface area contributed by atoms with E-state index in [1.165, 1.54) is 0 Å². The Labute approximate surface area is 122 Å². The molecule has 1 aromatic heterocycles. The van der Waals surface area contributed by atoms with Gasteiger partial charge in [-0.15, -0.1) is 0 Å². The number of aromatic amines is 1. The number of hydrogen-bond donors (Lipinski definition) is 1. The first-order chi connectivity index (χ1) is 9.85. The molecular weight excluding hydrogens is 275 g/mol. The first kappa shape index (κ1) is 14.5. The van der Waals surface area contributed by atoms with Gasteiger partial charge in [0.25, 0.3) is 0 Å². The largest absolute Gasteiger partial charge is 0.358 e. The fourth-order valence-electron chi connectivity index (χ4n) is 3.44. The van der Waals surface area contributed by atoms with Crippen LogP contribution in [0.5, 0.6) is 0 Å². The van der Waals surface area contributed by atoms with Crippen molar-refractivity contribution in [1.82, 2.24) is 4.98 Å². The van der Waals surface area contributed by atoms with E-state index in [2.05, 4.69) is 25.8 Å². The number of hydrogen-bond acceptors (Lipinski definition) is 0. The average Bonchev–Trinajstić information content (AvgIpc) is 2.81. The van der Waals surface area contributed by atoms with E-state index >= 15 is 0 Å². The molecule has 1 unspecified atom stereocenters. The third-order valence-corrected chi connectivity index (χ3v) is 5.32. The number of benzene rings is 1. The van der Waals surface area contributed by atoms with Crippen molar-refractivity contribution in [1.29, 1.82) is 0 Å². The number of aromatic nitrogens is 1. The Morgan fingerprint density at radius 3 is 2.62 bits per heavy atom. The van der Waals surface area contributed by atoms with Crippen LogP contribution in [0.1, 0.15) is 44.9 Å². The molecule has 0 aliphatic heterocycles. The number of rotatable bonds is 2. The maximum absolute atomic E-state index is 14.2. The summed E-state index contributed by atoms with van der Waals surface area (Å²) in [7, 11) is 0. The molecule has 1 aliphatic carbocycles. The predicted octanol–water partition coefficient (Wildman–Crippen LogP) is 5.13. The molecule has 1 N–H and O–H groups in total. The summed E-state index contributed by atoms with van der Waals surface area (Å²) in [5.74, 6) is -3.14. The molecule has 21 heavy (non-hydrogen) atoms. The van der Waals surface area contributed by atoms with Crippen molar-refractivity contribution in [2.24, 2.45) is 11.3 Å². The minimum absolute atomic E-state index is 0.163. The van der Waals surface area contributed by atoms with Gasteiger partial charge in [-0.25, -0.2) is 13.2 Å². The molecular formula is C17H20F3N. The summed E-state index contributed by atoms with van der Waals surface area (Å²) in [6.07, 6.45) is 3.59. The van der Waals surface area contributed by atoms with E-state index in [4.69, 9.17) is 0 Å². The van der Waals surface area contributed by atoms with Gasteiger partial charge in [0, 0.05) is 17.1 Å². The van der Waals surface area contributed by atoms with Crippen molar-refractivity contribution in [3.8, 4) is 0 Å². The summed E-state index contributed by atoms with van der Waals surface area (Å²) >= 11 is 0. The van der Waals surface area contributed by atoms with Gasteiger partial charge in [-0.1, -0.05) is 27.2 Å². The first-order valence-electron chi connectivity index (χ1n) is 7.52. The molecule has 0 saturated heterocycles. The Morgan fingerprint density at radius 1 is 1.24 bits per heavy atom. The molecule has 0 spiro atoms. The minimum atomic E-state index is -1.37. The van der Waals surface area contributed by atoms with Gasteiger partial charge in [-0.05, 0) is 36.2 Å². The predicted molar refractivity (Wildman–Crippen MR) is 77.8 cm³/mol. The lowest BCUT2D eigenvalue weighted by Crippen LogP contribution is -2.28. The van der Waals surface area contributed by atoms with Crippen molar-refractivity contribution in [3.63, 3.8) is 0 Å². The van der Waals surface area contributed by atoms with E-state index < -0.39 is 17.5 Å². The number of halogens is 3. The number of fused-ring (bicyclic) bond motifs is 3. The van der Waals surface area contributed by atoms with Crippen LogP contribution in [0.3, 0.4) is 0 Å². The summed E-state index contributed by atoms with van der Waals surface area (Å²) in [6, 6.07) is 1.06. The van der Waals surface area contributed by atoms with E-state index in [1.54, 1.807) is 0 Å². The number of nitrogens with one attached hydrogen (secondary N) is 1. The first-order valence-corrected chi connectivity index (χ1v) is 7.52. The molecule has 0 fully saturated rings. The fraction of sp³-hybridized carbons (Fsp3) is 0.529. The van der Waals surface area contributed by atoms with Gasteiger partial charge in [0.2, 0.25) is 0 Å². The van der Waals surface area contributed by atoms with Crippen molar-refractivity contribution in [2.45, 2.75) is 46.5 Å². The summed E-state index contributed by atoms with van der Waals surface area (Å²) in [5.41, 5.74) is 2.29. The zero-order chi connectivity index (χ0) is 15.4. The van der Waals surface area contributed by atoms with Crippen LogP contribution in [-0.4, -0.2) is 4.98 Å². The molecule has 2 aromatic rings. The SMILES string of the molecule is CCC(C)(C)C1CCc2[nH]c3cc(F)c(F)c(F)c3c2C1. The molecule has 1 nitrogen and oxygen atoms in total. The summed E-state index contributed by atoms with van der Waals surface area (Å²) in [6.45, 7) is 6.59. The van der Waals surface area contributed by atoms with Gasteiger partial charge in [0.05, 0.1) is 5.52 Å². The summed E-state index contributed by atoms with van der Waals surface area (Å²) in [4.78, 5) is 3.07. The lowest BCUT2D eigenvalue weighted by molar-refractivity contribution is 0.183. The molecule has 3 rings (SSSR count). The van der Waals surface area contributed by atoms with E-state index in [-0.39, 0.29) is 10.8 Å². The standard InChI is InChI=1S/C17H20F3N/c1-4-17(2,3)9-5-6-12-10(7-9)14-13(21-12)8-11(18)15(19)16(14)20/h8-9,21H,4-7H2,1-3H3. The maximum atomic E-state index is 14.2. The molecule has 114 valence electrons. The van der Waals surface area contributed by atoms with Gasteiger partial charge in [0.15, 0.2) is 17.5 Å². The normalized spacial score (nSPS) is 19.0. The molecule has 0 amide bonds. The Hall–Kier alpha value is -1.45. The highest BCUT2D eigenvalue weighted by molar-refractivity contribution is 5.85. The molecule has 1 aromatic carbocycles.